The first kappa shape index (κ1) is 17.1. The van der Waals surface area contributed by atoms with E-state index in [1.165, 1.54) is 16.9 Å². The molecule has 1 saturated heterocycles. The van der Waals surface area contributed by atoms with E-state index in [1.54, 1.807) is 11.8 Å². The first-order valence-corrected chi connectivity index (χ1v) is 9.64. The number of ether oxygens (including phenoxy) is 1. The minimum Gasteiger partial charge on any atom is -0.450 e. The highest BCUT2D eigenvalue weighted by Crippen LogP contribution is 2.30. The molecule has 0 aliphatic carbocycles. The lowest BCUT2D eigenvalue weighted by Gasteiger charge is -2.23. The molecule has 1 aromatic carbocycles. The summed E-state index contributed by atoms with van der Waals surface area (Å²) in [6.45, 7) is 4.60. The summed E-state index contributed by atoms with van der Waals surface area (Å²) in [7, 11) is 0. The molecule has 3 rings (SSSR count). The van der Waals surface area contributed by atoms with E-state index in [4.69, 9.17) is 4.74 Å². The summed E-state index contributed by atoms with van der Waals surface area (Å²) in [5.41, 5.74) is 2.06. The van der Waals surface area contributed by atoms with Gasteiger partial charge in [-0.2, -0.15) is 0 Å². The molecule has 5 nitrogen and oxygen atoms in total. The van der Waals surface area contributed by atoms with Crippen LogP contribution < -0.4 is 0 Å². The van der Waals surface area contributed by atoms with Crippen LogP contribution in [0.15, 0.2) is 23.1 Å². The molecule has 0 aromatic heterocycles. The number of aryl methyl sites for hydroxylation is 1. The molecule has 2 aliphatic rings. The molecule has 1 fully saturated rings. The molecular formula is C18H24N2O3S. The highest BCUT2D eigenvalue weighted by atomic mass is 32.2. The standard InChI is InChI=1S/C18H24N2O3S/c1-2-23-18(22)20-9-4-8-19(10-11-20)17(21)15-6-7-16-14(13-15)5-3-12-24-16/h6-7,13H,2-5,8-12H2,1H3. The highest BCUT2D eigenvalue weighted by molar-refractivity contribution is 7.99. The van der Waals surface area contributed by atoms with Crippen LogP contribution >= 0.6 is 11.8 Å². The van der Waals surface area contributed by atoms with E-state index in [1.807, 2.05) is 22.7 Å². The van der Waals surface area contributed by atoms with Gasteiger partial charge in [-0.3, -0.25) is 4.79 Å². The van der Waals surface area contributed by atoms with Crippen LogP contribution in [-0.2, 0) is 11.2 Å². The number of carbonyl (C=O) groups is 2. The number of thioether (sulfide) groups is 1. The van der Waals surface area contributed by atoms with E-state index in [0.29, 0.717) is 32.8 Å². The van der Waals surface area contributed by atoms with Gasteiger partial charge in [0.05, 0.1) is 6.61 Å². The number of rotatable bonds is 2. The Morgan fingerprint density at radius 2 is 1.92 bits per heavy atom. The lowest BCUT2D eigenvalue weighted by Crippen LogP contribution is -2.37. The van der Waals surface area contributed by atoms with E-state index in [2.05, 4.69) is 12.1 Å². The minimum atomic E-state index is -0.280. The fraction of sp³-hybridized carbons (Fsp3) is 0.556. The van der Waals surface area contributed by atoms with Crippen LogP contribution in [0.2, 0.25) is 0 Å². The monoisotopic (exact) mass is 348 g/mol. The second kappa shape index (κ2) is 7.92. The smallest absolute Gasteiger partial charge is 0.409 e. The lowest BCUT2D eigenvalue weighted by atomic mass is 10.1. The molecule has 2 amide bonds. The molecule has 0 spiro atoms. The van der Waals surface area contributed by atoms with Gasteiger partial charge >= 0.3 is 6.09 Å². The van der Waals surface area contributed by atoms with Gasteiger partial charge in [-0.05, 0) is 55.7 Å². The second-order valence-corrected chi connectivity index (χ2v) is 7.24. The molecule has 0 unspecified atom stereocenters. The van der Waals surface area contributed by atoms with E-state index in [9.17, 15) is 9.59 Å². The summed E-state index contributed by atoms with van der Waals surface area (Å²) >= 11 is 1.87. The quantitative estimate of drug-likeness (QED) is 0.824. The van der Waals surface area contributed by atoms with Gasteiger partial charge in [-0.1, -0.05) is 0 Å². The Bertz CT molecular complexity index is 620. The SMILES string of the molecule is CCOC(=O)N1CCCN(C(=O)c2ccc3c(c2)CCCS3)CC1. The average molecular weight is 348 g/mol. The zero-order valence-corrected chi connectivity index (χ0v) is 14.9. The number of nitrogens with zero attached hydrogens (tertiary/aromatic N) is 2. The normalized spacial score (nSPS) is 17.9. The Morgan fingerprint density at radius 3 is 2.75 bits per heavy atom. The summed E-state index contributed by atoms with van der Waals surface area (Å²) in [4.78, 5) is 29.5. The van der Waals surface area contributed by atoms with Gasteiger partial charge in [-0.25, -0.2) is 4.79 Å². The van der Waals surface area contributed by atoms with Gasteiger partial charge in [0.2, 0.25) is 0 Å². The molecule has 6 heteroatoms. The van der Waals surface area contributed by atoms with Crippen molar-refractivity contribution in [3.05, 3.63) is 29.3 Å². The Hall–Kier alpha value is -1.69. The van der Waals surface area contributed by atoms with E-state index in [-0.39, 0.29) is 12.0 Å². The van der Waals surface area contributed by atoms with Crippen LogP contribution in [-0.4, -0.2) is 60.3 Å². The average Bonchev–Trinajstić information content (AvgIpc) is 2.87. The summed E-state index contributed by atoms with van der Waals surface area (Å²) < 4.78 is 5.06. The van der Waals surface area contributed by atoms with Crippen LogP contribution in [0.3, 0.4) is 0 Å². The molecule has 2 heterocycles. The Kier molecular flexibility index (Phi) is 5.66. The Balaban J connectivity index is 1.66. The number of hydrogen-bond acceptors (Lipinski definition) is 4. The number of hydrogen-bond donors (Lipinski definition) is 0. The maximum Gasteiger partial charge on any atom is 0.409 e. The van der Waals surface area contributed by atoms with Gasteiger partial charge in [0.1, 0.15) is 0 Å². The fourth-order valence-corrected chi connectivity index (χ4v) is 4.21. The molecule has 0 N–H and O–H groups in total. The molecule has 0 saturated carbocycles. The van der Waals surface area contributed by atoms with Crippen LogP contribution in [0.25, 0.3) is 0 Å². The molecule has 0 radical (unpaired) electrons. The van der Waals surface area contributed by atoms with Crippen LogP contribution in [0.1, 0.15) is 35.7 Å². The second-order valence-electron chi connectivity index (χ2n) is 6.11. The summed E-state index contributed by atoms with van der Waals surface area (Å²) in [6, 6.07) is 6.07. The largest absolute Gasteiger partial charge is 0.450 e. The van der Waals surface area contributed by atoms with Crippen LogP contribution in [0.4, 0.5) is 4.79 Å². The molecular weight excluding hydrogens is 324 g/mol. The van der Waals surface area contributed by atoms with Crippen molar-refractivity contribution in [1.82, 2.24) is 9.80 Å². The van der Waals surface area contributed by atoms with Crippen molar-refractivity contribution in [3.8, 4) is 0 Å². The van der Waals surface area contributed by atoms with Crippen molar-refractivity contribution >= 4 is 23.8 Å². The first-order chi connectivity index (χ1) is 11.7. The van der Waals surface area contributed by atoms with Crippen molar-refractivity contribution in [2.75, 3.05) is 38.5 Å². The zero-order valence-electron chi connectivity index (χ0n) is 14.1. The third kappa shape index (κ3) is 3.86. The third-order valence-corrected chi connectivity index (χ3v) is 5.67. The number of benzene rings is 1. The number of fused-ring (bicyclic) bond motifs is 1. The predicted octanol–water partition coefficient (Wildman–Crippen LogP) is 3.03. The van der Waals surface area contributed by atoms with E-state index < -0.39 is 0 Å². The maximum atomic E-state index is 12.8. The molecule has 130 valence electrons. The highest BCUT2D eigenvalue weighted by Gasteiger charge is 2.24. The zero-order chi connectivity index (χ0) is 16.9. The Morgan fingerprint density at radius 1 is 1.12 bits per heavy atom. The van der Waals surface area contributed by atoms with Crippen molar-refractivity contribution in [1.29, 1.82) is 0 Å². The Labute approximate surface area is 147 Å². The fourth-order valence-electron chi connectivity index (χ4n) is 3.19. The number of amides is 2. The molecule has 0 atom stereocenters. The molecule has 2 aliphatic heterocycles. The summed E-state index contributed by atoms with van der Waals surface area (Å²) in [5.74, 6) is 1.23. The van der Waals surface area contributed by atoms with Gasteiger partial charge < -0.3 is 14.5 Å². The summed E-state index contributed by atoms with van der Waals surface area (Å²) in [6.07, 6.45) is 2.73. The van der Waals surface area contributed by atoms with E-state index in [0.717, 1.165) is 24.2 Å². The van der Waals surface area contributed by atoms with Crippen LogP contribution in [0, 0.1) is 0 Å². The van der Waals surface area contributed by atoms with Crippen molar-refractivity contribution in [2.24, 2.45) is 0 Å². The molecule has 1 aromatic rings. The topological polar surface area (TPSA) is 49.9 Å². The first-order valence-electron chi connectivity index (χ1n) is 8.65. The maximum absolute atomic E-state index is 12.8. The van der Waals surface area contributed by atoms with Gasteiger partial charge in [-0.15, -0.1) is 11.8 Å². The van der Waals surface area contributed by atoms with Crippen molar-refractivity contribution < 1.29 is 14.3 Å². The third-order valence-electron chi connectivity index (χ3n) is 4.46. The predicted molar refractivity (Wildman–Crippen MR) is 94.6 cm³/mol. The van der Waals surface area contributed by atoms with Gasteiger partial charge in [0.15, 0.2) is 0 Å². The van der Waals surface area contributed by atoms with Crippen molar-refractivity contribution in [2.45, 2.75) is 31.1 Å². The van der Waals surface area contributed by atoms with Gasteiger partial charge in [0, 0.05) is 36.6 Å². The van der Waals surface area contributed by atoms with E-state index >= 15 is 0 Å². The number of carbonyl (C=O) groups excluding carboxylic acids is 2. The van der Waals surface area contributed by atoms with Crippen molar-refractivity contribution in [3.63, 3.8) is 0 Å². The summed E-state index contributed by atoms with van der Waals surface area (Å²) in [5, 5.41) is 0. The minimum absolute atomic E-state index is 0.0686. The molecule has 24 heavy (non-hydrogen) atoms. The van der Waals surface area contributed by atoms with Crippen LogP contribution in [0.5, 0.6) is 0 Å². The molecule has 0 bridgehead atoms. The van der Waals surface area contributed by atoms with Gasteiger partial charge in [0.25, 0.3) is 5.91 Å². The lowest BCUT2D eigenvalue weighted by molar-refractivity contribution is 0.0753.